The quantitative estimate of drug-likeness (QED) is 0.665. The Bertz CT molecular complexity index is 110. The lowest BCUT2D eigenvalue weighted by atomic mass is 10.2. The third-order valence-electron chi connectivity index (χ3n) is 1.69. The standard InChI is InChI=1S/C7H14N2.C2H6/c1-3-9(2)6-7-4-5-8-7;1-2/h4-5,7-8H,3,6H2,1-2H3;1-2H3. The summed E-state index contributed by atoms with van der Waals surface area (Å²) in [5.74, 6) is 0. The molecule has 2 nitrogen and oxygen atoms in total. The number of nitrogens with zero attached hydrogens (tertiary/aromatic N) is 1. The zero-order chi connectivity index (χ0) is 8.69. The Labute approximate surface area is 70.3 Å². The van der Waals surface area contributed by atoms with Crippen LogP contribution in [0, 0.1) is 0 Å². The molecule has 0 aromatic heterocycles. The van der Waals surface area contributed by atoms with E-state index in [0.29, 0.717) is 6.04 Å². The SMILES string of the molecule is CC.CCN(C)CC1C=CN1. The van der Waals surface area contributed by atoms with Gasteiger partial charge in [-0.1, -0.05) is 20.8 Å². The third kappa shape index (κ3) is 4.04. The Kier molecular flexibility index (Phi) is 5.94. The molecule has 0 radical (unpaired) electrons. The largest absolute Gasteiger partial charge is 0.384 e. The summed E-state index contributed by atoms with van der Waals surface area (Å²) < 4.78 is 0. The lowest BCUT2D eigenvalue weighted by Gasteiger charge is -2.25. The molecule has 1 rings (SSSR count). The average molecular weight is 156 g/mol. The molecule has 0 saturated heterocycles. The van der Waals surface area contributed by atoms with E-state index in [1.807, 2.05) is 20.0 Å². The van der Waals surface area contributed by atoms with Gasteiger partial charge in [-0.2, -0.15) is 0 Å². The fraction of sp³-hybridized carbons (Fsp3) is 0.778. The topological polar surface area (TPSA) is 15.3 Å². The van der Waals surface area contributed by atoms with E-state index < -0.39 is 0 Å². The summed E-state index contributed by atoms with van der Waals surface area (Å²) in [6.45, 7) is 8.43. The molecule has 1 heterocycles. The van der Waals surface area contributed by atoms with Crippen LogP contribution in [0.15, 0.2) is 12.3 Å². The molecule has 11 heavy (non-hydrogen) atoms. The summed E-state index contributed by atoms with van der Waals surface area (Å²) in [6.07, 6.45) is 4.18. The van der Waals surface area contributed by atoms with Crippen molar-refractivity contribution in [3.63, 3.8) is 0 Å². The van der Waals surface area contributed by atoms with Gasteiger partial charge in [0.2, 0.25) is 0 Å². The number of rotatable bonds is 3. The first kappa shape index (κ1) is 10.5. The van der Waals surface area contributed by atoms with Crippen molar-refractivity contribution in [2.75, 3.05) is 20.1 Å². The summed E-state index contributed by atoms with van der Waals surface area (Å²) in [5, 5.41) is 3.19. The second-order valence-corrected chi connectivity index (χ2v) is 2.49. The van der Waals surface area contributed by atoms with Crippen LogP contribution in [0.5, 0.6) is 0 Å². The van der Waals surface area contributed by atoms with Gasteiger partial charge in [0.05, 0.1) is 6.04 Å². The number of nitrogens with one attached hydrogen (secondary N) is 1. The van der Waals surface area contributed by atoms with Crippen molar-refractivity contribution in [2.24, 2.45) is 0 Å². The first-order valence-electron chi connectivity index (χ1n) is 4.44. The Hall–Kier alpha value is -0.500. The second-order valence-electron chi connectivity index (χ2n) is 2.49. The van der Waals surface area contributed by atoms with Crippen molar-refractivity contribution in [3.8, 4) is 0 Å². The van der Waals surface area contributed by atoms with Crippen LogP contribution in [0.4, 0.5) is 0 Å². The van der Waals surface area contributed by atoms with Crippen molar-refractivity contribution in [1.29, 1.82) is 0 Å². The average Bonchev–Trinajstić information content (AvgIpc) is 2.00. The minimum atomic E-state index is 0.606. The molecule has 1 atom stereocenters. The van der Waals surface area contributed by atoms with E-state index in [9.17, 15) is 0 Å². The summed E-state index contributed by atoms with van der Waals surface area (Å²) >= 11 is 0. The highest BCUT2D eigenvalue weighted by molar-refractivity contribution is 5.05. The van der Waals surface area contributed by atoms with Crippen LogP contribution in [0.2, 0.25) is 0 Å². The highest BCUT2D eigenvalue weighted by atomic mass is 15.1. The predicted molar refractivity (Wildman–Crippen MR) is 50.6 cm³/mol. The van der Waals surface area contributed by atoms with Gasteiger partial charge in [0.1, 0.15) is 0 Å². The number of hydrogen-bond acceptors (Lipinski definition) is 2. The Morgan fingerprint density at radius 1 is 1.45 bits per heavy atom. The minimum Gasteiger partial charge on any atom is -0.384 e. The van der Waals surface area contributed by atoms with Gasteiger partial charge < -0.3 is 10.2 Å². The van der Waals surface area contributed by atoms with Gasteiger partial charge in [-0.05, 0) is 25.9 Å². The van der Waals surface area contributed by atoms with Gasteiger partial charge in [0.25, 0.3) is 0 Å². The molecule has 0 aromatic rings. The molecule has 1 aliphatic heterocycles. The molecule has 1 unspecified atom stereocenters. The lowest BCUT2D eigenvalue weighted by Crippen LogP contribution is -2.40. The van der Waals surface area contributed by atoms with Gasteiger partial charge in [0.15, 0.2) is 0 Å². The predicted octanol–water partition coefficient (Wildman–Crippen LogP) is 1.45. The van der Waals surface area contributed by atoms with Crippen LogP contribution in [-0.4, -0.2) is 31.1 Å². The van der Waals surface area contributed by atoms with E-state index >= 15 is 0 Å². The van der Waals surface area contributed by atoms with Gasteiger partial charge in [0, 0.05) is 6.54 Å². The number of hydrogen-bond donors (Lipinski definition) is 1. The molecule has 66 valence electrons. The highest BCUT2D eigenvalue weighted by Crippen LogP contribution is 1.97. The summed E-state index contributed by atoms with van der Waals surface area (Å²) in [6, 6.07) is 0.606. The van der Waals surface area contributed by atoms with Gasteiger partial charge >= 0.3 is 0 Å². The van der Waals surface area contributed by atoms with E-state index in [1.165, 1.54) is 0 Å². The molecule has 0 aromatic carbocycles. The molecule has 0 spiro atoms. The van der Waals surface area contributed by atoms with Gasteiger partial charge in [-0.25, -0.2) is 0 Å². The fourth-order valence-corrected chi connectivity index (χ4v) is 0.811. The molecule has 0 amide bonds. The molecular weight excluding hydrogens is 136 g/mol. The maximum Gasteiger partial charge on any atom is 0.0582 e. The molecule has 0 saturated carbocycles. The van der Waals surface area contributed by atoms with Crippen LogP contribution in [0.1, 0.15) is 20.8 Å². The Morgan fingerprint density at radius 3 is 2.27 bits per heavy atom. The van der Waals surface area contributed by atoms with E-state index in [4.69, 9.17) is 0 Å². The summed E-state index contributed by atoms with van der Waals surface area (Å²) in [4.78, 5) is 2.29. The third-order valence-corrected chi connectivity index (χ3v) is 1.69. The zero-order valence-electron chi connectivity index (χ0n) is 8.09. The number of likely N-dealkylation sites (N-methyl/N-ethyl adjacent to an activating group) is 1. The summed E-state index contributed by atoms with van der Waals surface area (Å²) in [7, 11) is 2.13. The maximum atomic E-state index is 3.19. The molecule has 0 fully saturated rings. The van der Waals surface area contributed by atoms with Gasteiger partial charge in [-0.3, -0.25) is 0 Å². The van der Waals surface area contributed by atoms with Crippen molar-refractivity contribution in [3.05, 3.63) is 12.3 Å². The Morgan fingerprint density at radius 2 is 2.00 bits per heavy atom. The van der Waals surface area contributed by atoms with Crippen LogP contribution in [0.25, 0.3) is 0 Å². The van der Waals surface area contributed by atoms with Crippen LogP contribution >= 0.6 is 0 Å². The molecular formula is C9H20N2. The van der Waals surface area contributed by atoms with Crippen molar-refractivity contribution >= 4 is 0 Å². The molecule has 1 N–H and O–H groups in total. The smallest absolute Gasteiger partial charge is 0.0582 e. The van der Waals surface area contributed by atoms with E-state index in [2.05, 4.69) is 30.3 Å². The van der Waals surface area contributed by atoms with Gasteiger partial charge in [-0.15, -0.1) is 0 Å². The van der Waals surface area contributed by atoms with Crippen molar-refractivity contribution in [1.82, 2.24) is 10.2 Å². The summed E-state index contributed by atoms with van der Waals surface area (Å²) in [5.41, 5.74) is 0. The van der Waals surface area contributed by atoms with E-state index in [1.54, 1.807) is 0 Å². The van der Waals surface area contributed by atoms with Crippen LogP contribution in [0.3, 0.4) is 0 Å². The normalized spacial score (nSPS) is 19.9. The highest BCUT2D eigenvalue weighted by Gasteiger charge is 2.09. The van der Waals surface area contributed by atoms with Crippen LogP contribution in [-0.2, 0) is 0 Å². The fourth-order valence-electron chi connectivity index (χ4n) is 0.811. The van der Waals surface area contributed by atoms with E-state index in [0.717, 1.165) is 13.1 Å². The van der Waals surface area contributed by atoms with E-state index in [-0.39, 0.29) is 0 Å². The zero-order valence-corrected chi connectivity index (χ0v) is 8.09. The molecule has 2 heteroatoms. The second kappa shape index (κ2) is 6.23. The van der Waals surface area contributed by atoms with Crippen molar-refractivity contribution in [2.45, 2.75) is 26.8 Å². The Balaban J connectivity index is 0.000000461. The maximum absolute atomic E-state index is 3.19. The van der Waals surface area contributed by atoms with Crippen molar-refractivity contribution < 1.29 is 0 Å². The first-order chi connectivity index (χ1) is 5.33. The lowest BCUT2D eigenvalue weighted by molar-refractivity contribution is 0.324. The van der Waals surface area contributed by atoms with Crippen LogP contribution < -0.4 is 5.32 Å². The monoisotopic (exact) mass is 156 g/mol. The molecule has 0 bridgehead atoms. The molecule has 1 aliphatic rings. The minimum absolute atomic E-state index is 0.606. The first-order valence-corrected chi connectivity index (χ1v) is 4.44. The molecule has 0 aliphatic carbocycles.